The Morgan fingerprint density at radius 3 is 2.65 bits per heavy atom. The number of amides is 1. The molecule has 1 aromatic carbocycles. The van der Waals surface area contributed by atoms with Crippen molar-refractivity contribution >= 4 is 11.6 Å². The molecular weight excluding hydrogens is 212 g/mol. The van der Waals surface area contributed by atoms with E-state index in [1.165, 1.54) is 0 Å². The van der Waals surface area contributed by atoms with Gasteiger partial charge in [-0.2, -0.15) is 0 Å². The van der Waals surface area contributed by atoms with Crippen LogP contribution in [0.25, 0.3) is 0 Å². The second-order valence-corrected chi connectivity index (χ2v) is 5.16. The highest BCUT2D eigenvalue weighted by atomic mass is 16.2. The number of benzene rings is 1. The van der Waals surface area contributed by atoms with Gasteiger partial charge in [0.05, 0.1) is 5.56 Å². The van der Waals surface area contributed by atoms with Crippen molar-refractivity contribution in [3.8, 4) is 0 Å². The van der Waals surface area contributed by atoms with Crippen LogP contribution in [-0.4, -0.2) is 22.5 Å². The molecule has 0 saturated heterocycles. The third kappa shape index (κ3) is 1.90. The van der Waals surface area contributed by atoms with Gasteiger partial charge in [0.15, 0.2) is 0 Å². The molecule has 0 fully saturated rings. The number of hydrogen-bond acceptors (Lipinski definition) is 2. The van der Waals surface area contributed by atoms with Crippen LogP contribution in [0.3, 0.4) is 0 Å². The van der Waals surface area contributed by atoms with Crippen LogP contribution in [0.2, 0.25) is 0 Å². The van der Waals surface area contributed by atoms with Crippen LogP contribution < -0.4 is 5.32 Å². The molecule has 0 bridgehead atoms. The normalized spacial score (nSPS) is 19.5. The molecule has 3 nitrogen and oxygen atoms in total. The third-order valence-electron chi connectivity index (χ3n) is 3.45. The van der Waals surface area contributed by atoms with E-state index >= 15 is 0 Å². The van der Waals surface area contributed by atoms with Crippen molar-refractivity contribution in [1.82, 2.24) is 4.90 Å². The fraction of sp³-hybridized carbons (Fsp3) is 0.500. The Bertz CT molecular complexity index is 440. The predicted molar refractivity (Wildman–Crippen MR) is 70.1 cm³/mol. The zero-order chi connectivity index (χ0) is 12.6. The molecule has 1 aliphatic rings. The van der Waals surface area contributed by atoms with Gasteiger partial charge < -0.3 is 10.2 Å². The lowest BCUT2D eigenvalue weighted by atomic mass is 9.99. The Balaban J connectivity index is 2.47. The van der Waals surface area contributed by atoms with Crippen LogP contribution in [0, 0.1) is 0 Å². The second kappa shape index (κ2) is 4.06. The molecule has 0 spiro atoms. The summed E-state index contributed by atoms with van der Waals surface area (Å²) in [5.74, 6) is 0.124. The number of carbonyl (C=O) groups excluding carboxylic acids is 1. The first kappa shape index (κ1) is 12.0. The first-order chi connectivity index (χ1) is 7.97. The summed E-state index contributed by atoms with van der Waals surface area (Å²) in [7, 11) is 0. The number of fused-ring (bicyclic) bond motifs is 1. The summed E-state index contributed by atoms with van der Waals surface area (Å²) in [6, 6.07) is 7.94. The van der Waals surface area contributed by atoms with Gasteiger partial charge in [0.2, 0.25) is 0 Å². The molecule has 0 saturated carbocycles. The minimum atomic E-state index is -0.332. The highest BCUT2D eigenvalue weighted by molar-refractivity contribution is 6.02. The van der Waals surface area contributed by atoms with Crippen molar-refractivity contribution in [1.29, 1.82) is 0 Å². The van der Waals surface area contributed by atoms with Crippen molar-refractivity contribution in [3.05, 3.63) is 29.8 Å². The van der Waals surface area contributed by atoms with Gasteiger partial charge in [0, 0.05) is 11.7 Å². The topological polar surface area (TPSA) is 32.3 Å². The van der Waals surface area contributed by atoms with Gasteiger partial charge in [-0.3, -0.25) is 4.79 Å². The van der Waals surface area contributed by atoms with Crippen LogP contribution in [0.5, 0.6) is 0 Å². The molecular formula is C14H20N2O. The number of anilines is 1. The molecule has 0 aromatic heterocycles. The molecule has 1 N–H and O–H groups in total. The van der Waals surface area contributed by atoms with Crippen LogP contribution in [0.15, 0.2) is 24.3 Å². The minimum absolute atomic E-state index is 0.124. The van der Waals surface area contributed by atoms with E-state index < -0.39 is 0 Å². The van der Waals surface area contributed by atoms with E-state index in [2.05, 4.69) is 19.2 Å². The number of hydrogen-bond donors (Lipinski definition) is 1. The Hall–Kier alpha value is -1.51. The summed E-state index contributed by atoms with van der Waals surface area (Å²) < 4.78 is 0. The van der Waals surface area contributed by atoms with E-state index in [9.17, 15) is 4.79 Å². The zero-order valence-electron chi connectivity index (χ0n) is 10.9. The number of nitrogens with zero attached hydrogens (tertiary/aromatic N) is 1. The molecule has 1 aliphatic heterocycles. The van der Waals surface area contributed by atoms with Crippen LogP contribution in [0.1, 0.15) is 44.5 Å². The van der Waals surface area contributed by atoms with Crippen LogP contribution in [-0.2, 0) is 0 Å². The highest BCUT2D eigenvalue weighted by Crippen LogP contribution is 2.32. The summed E-state index contributed by atoms with van der Waals surface area (Å²) in [4.78, 5) is 14.5. The summed E-state index contributed by atoms with van der Waals surface area (Å²) in [5, 5.41) is 3.44. The molecule has 1 unspecified atom stereocenters. The van der Waals surface area contributed by atoms with Crippen molar-refractivity contribution in [3.63, 3.8) is 0 Å². The Labute approximate surface area is 103 Å². The number of nitrogens with one attached hydrogen (secondary N) is 1. The van der Waals surface area contributed by atoms with E-state index in [0.717, 1.165) is 17.7 Å². The van der Waals surface area contributed by atoms with Crippen molar-refractivity contribution in [2.45, 2.75) is 45.8 Å². The molecule has 1 aromatic rings. The number of rotatable bonds is 2. The van der Waals surface area contributed by atoms with Crippen molar-refractivity contribution < 1.29 is 4.79 Å². The lowest BCUT2D eigenvalue weighted by molar-refractivity contribution is 0.0453. The highest BCUT2D eigenvalue weighted by Gasteiger charge is 2.39. The molecule has 1 atom stereocenters. The van der Waals surface area contributed by atoms with Crippen LogP contribution in [0.4, 0.5) is 5.69 Å². The van der Waals surface area contributed by atoms with Crippen molar-refractivity contribution in [2.24, 2.45) is 0 Å². The quantitative estimate of drug-likeness (QED) is 0.849. The van der Waals surface area contributed by atoms with Gasteiger partial charge in [-0.15, -0.1) is 0 Å². The summed E-state index contributed by atoms with van der Waals surface area (Å²) in [6.07, 6.45) is 0.957. The van der Waals surface area contributed by atoms with E-state index in [0.29, 0.717) is 0 Å². The molecule has 0 radical (unpaired) electrons. The first-order valence-corrected chi connectivity index (χ1v) is 6.18. The van der Waals surface area contributed by atoms with Crippen molar-refractivity contribution in [2.75, 3.05) is 5.32 Å². The van der Waals surface area contributed by atoms with Gasteiger partial charge in [0.1, 0.15) is 5.66 Å². The van der Waals surface area contributed by atoms with Gasteiger partial charge in [0.25, 0.3) is 5.91 Å². The lowest BCUT2D eigenvalue weighted by Gasteiger charge is -2.47. The summed E-state index contributed by atoms with van der Waals surface area (Å²) in [6.45, 7) is 8.30. The SMILES string of the molecule is CCC(C)N1C(=O)c2ccccc2NC1(C)C. The second-order valence-electron chi connectivity index (χ2n) is 5.16. The standard InChI is InChI=1S/C14H20N2O/c1-5-10(2)16-13(17)11-8-6-7-9-12(11)15-14(16,3)4/h6-10,15H,5H2,1-4H3. The van der Waals surface area contributed by atoms with Gasteiger partial charge in [-0.1, -0.05) is 19.1 Å². The van der Waals surface area contributed by atoms with Gasteiger partial charge in [-0.05, 0) is 39.3 Å². The monoisotopic (exact) mass is 232 g/mol. The van der Waals surface area contributed by atoms with E-state index in [-0.39, 0.29) is 17.6 Å². The average Bonchev–Trinajstić information content (AvgIpc) is 2.27. The largest absolute Gasteiger partial charge is 0.362 e. The lowest BCUT2D eigenvalue weighted by Crippen LogP contribution is -2.59. The van der Waals surface area contributed by atoms with Crippen LogP contribution >= 0.6 is 0 Å². The Morgan fingerprint density at radius 1 is 1.35 bits per heavy atom. The molecule has 1 heterocycles. The first-order valence-electron chi connectivity index (χ1n) is 6.18. The maximum absolute atomic E-state index is 12.5. The fourth-order valence-electron chi connectivity index (χ4n) is 2.49. The molecule has 3 heteroatoms. The molecule has 92 valence electrons. The fourth-order valence-corrected chi connectivity index (χ4v) is 2.49. The predicted octanol–water partition coefficient (Wildman–Crippen LogP) is 3.09. The minimum Gasteiger partial charge on any atom is -0.362 e. The maximum atomic E-state index is 12.5. The maximum Gasteiger partial charge on any atom is 0.258 e. The number of carbonyl (C=O) groups is 1. The molecule has 0 aliphatic carbocycles. The van der Waals surface area contributed by atoms with Gasteiger partial charge >= 0.3 is 0 Å². The zero-order valence-corrected chi connectivity index (χ0v) is 10.9. The third-order valence-corrected chi connectivity index (χ3v) is 3.45. The van der Waals surface area contributed by atoms with E-state index in [4.69, 9.17) is 0 Å². The van der Waals surface area contributed by atoms with Gasteiger partial charge in [-0.25, -0.2) is 0 Å². The average molecular weight is 232 g/mol. The molecule has 2 rings (SSSR count). The molecule has 17 heavy (non-hydrogen) atoms. The Kier molecular flexibility index (Phi) is 2.86. The summed E-state index contributed by atoms with van der Waals surface area (Å²) >= 11 is 0. The smallest absolute Gasteiger partial charge is 0.258 e. The number of para-hydroxylation sites is 1. The van der Waals surface area contributed by atoms with E-state index in [1.54, 1.807) is 0 Å². The van der Waals surface area contributed by atoms with E-state index in [1.807, 2.05) is 43.0 Å². The Morgan fingerprint density at radius 2 is 2.00 bits per heavy atom. The molecule has 1 amide bonds. The summed E-state index contributed by atoms with van der Waals surface area (Å²) in [5.41, 5.74) is 1.37.